The van der Waals surface area contributed by atoms with Crippen LogP contribution in [0.4, 0.5) is 4.39 Å². The monoisotopic (exact) mass is 266 g/mol. The Balaban J connectivity index is 2.13. The lowest BCUT2D eigenvalue weighted by atomic mass is 10.1. The van der Waals surface area contributed by atoms with E-state index < -0.39 is 5.82 Å². The zero-order valence-electron chi connectivity index (χ0n) is 10.2. The highest BCUT2D eigenvalue weighted by Gasteiger charge is 2.23. The molecule has 2 nitrogen and oxygen atoms in total. The molecule has 1 aliphatic rings. The van der Waals surface area contributed by atoms with E-state index in [2.05, 4.69) is 11.0 Å². The maximum absolute atomic E-state index is 13.4. The van der Waals surface area contributed by atoms with E-state index in [1.54, 1.807) is 6.07 Å². The Labute approximate surface area is 112 Å². The molecule has 1 saturated carbocycles. The van der Waals surface area contributed by atoms with Gasteiger partial charge in [-0.05, 0) is 24.5 Å². The van der Waals surface area contributed by atoms with Crippen molar-refractivity contribution in [2.75, 3.05) is 6.54 Å². The van der Waals surface area contributed by atoms with E-state index in [9.17, 15) is 4.39 Å². The molecular formula is C14H16ClFN2. The summed E-state index contributed by atoms with van der Waals surface area (Å²) in [5.74, 6) is -0.391. The Morgan fingerprint density at radius 2 is 2.11 bits per heavy atom. The zero-order valence-corrected chi connectivity index (χ0v) is 11.0. The Bertz CT molecular complexity index is 450. The molecule has 0 heterocycles. The molecular weight excluding hydrogens is 251 g/mol. The summed E-state index contributed by atoms with van der Waals surface area (Å²) in [6.45, 7) is 0.923. The van der Waals surface area contributed by atoms with Gasteiger partial charge in [0.2, 0.25) is 0 Å². The van der Waals surface area contributed by atoms with Crippen molar-refractivity contribution in [3.63, 3.8) is 0 Å². The van der Waals surface area contributed by atoms with E-state index >= 15 is 0 Å². The van der Waals surface area contributed by atoms with E-state index in [1.807, 2.05) is 6.07 Å². The largest absolute Gasteiger partial charge is 0.283 e. The molecule has 0 unspecified atom stereocenters. The highest BCUT2D eigenvalue weighted by Crippen LogP contribution is 2.27. The summed E-state index contributed by atoms with van der Waals surface area (Å²) in [4.78, 5) is 2.10. The first kappa shape index (κ1) is 13.3. The molecule has 0 atom stereocenters. The van der Waals surface area contributed by atoms with Crippen LogP contribution in [0.25, 0.3) is 0 Å². The minimum atomic E-state index is -0.391. The SMILES string of the molecule is N#CCN(Cc1cccc(F)c1Cl)C1CCCC1. The quantitative estimate of drug-likeness (QED) is 0.776. The number of rotatable bonds is 4. The normalized spacial score (nSPS) is 16.1. The maximum atomic E-state index is 13.4. The fourth-order valence-corrected chi connectivity index (χ4v) is 2.75. The van der Waals surface area contributed by atoms with Gasteiger partial charge in [-0.1, -0.05) is 36.6 Å². The van der Waals surface area contributed by atoms with Gasteiger partial charge in [-0.2, -0.15) is 5.26 Å². The van der Waals surface area contributed by atoms with Gasteiger partial charge >= 0.3 is 0 Å². The van der Waals surface area contributed by atoms with Gasteiger partial charge < -0.3 is 0 Å². The standard InChI is InChI=1S/C14H16ClFN2/c15-14-11(4-3-7-13(14)16)10-18(9-8-17)12-5-1-2-6-12/h3-4,7,12H,1-2,5-6,9-10H2. The maximum Gasteiger partial charge on any atom is 0.142 e. The number of nitrogens with zero attached hydrogens (tertiary/aromatic N) is 2. The summed E-state index contributed by atoms with van der Waals surface area (Å²) >= 11 is 5.96. The van der Waals surface area contributed by atoms with Crippen LogP contribution in [0.2, 0.25) is 5.02 Å². The summed E-state index contributed by atoms with van der Waals surface area (Å²) in [5.41, 5.74) is 0.763. The highest BCUT2D eigenvalue weighted by molar-refractivity contribution is 6.31. The molecule has 0 aliphatic heterocycles. The third-order valence-electron chi connectivity index (χ3n) is 3.52. The third-order valence-corrected chi connectivity index (χ3v) is 3.94. The molecule has 0 N–H and O–H groups in total. The van der Waals surface area contributed by atoms with Crippen molar-refractivity contribution in [2.45, 2.75) is 38.3 Å². The van der Waals surface area contributed by atoms with Gasteiger partial charge in [-0.25, -0.2) is 4.39 Å². The van der Waals surface area contributed by atoms with Crippen molar-refractivity contribution in [1.82, 2.24) is 4.90 Å². The van der Waals surface area contributed by atoms with Crippen LogP contribution in [0.1, 0.15) is 31.2 Å². The van der Waals surface area contributed by atoms with E-state index in [0.717, 1.165) is 18.4 Å². The van der Waals surface area contributed by atoms with Gasteiger partial charge in [0.1, 0.15) is 5.82 Å². The van der Waals surface area contributed by atoms with E-state index in [4.69, 9.17) is 16.9 Å². The molecule has 1 fully saturated rings. The molecule has 96 valence electrons. The predicted octanol–water partition coefficient (Wildman–Crippen LogP) is 3.75. The number of hydrogen-bond acceptors (Lipinski definition) is 2. The second kappa shape index (κ2) is 6.17. The van der Waals surface area contributed by atoms with E-state index in [0.29, 0.717) is 19.1 Å². The molecule has 18 heavy (non-hydrogen) atoms. The molecule has 1 aromatic rings. The zero-order chi connectivity index (χ0) is 13.0. The molecule has 2 rings (SSSR count). The average molecular weight is 267 g/mol. The smallest absolute Gasteiger partial charge is 0.142 e. The molecule has 1 aliphatic carbocycles. The van der Waals surface area contributed by atoms with Crippen molar-refractivity contribution in [3.05, 3.63) is 34.6 Å². The summed E-state index contributed by atoms with van der Waals surface area (Å²) in [6, 6.07) is 7.47. The van der Waals surface area contributed by atoms with Crippen molar-refractivity contribution in [1.29, 1.82) is 5.26 Å². The first-order chi connectivity index (χ1) is 8.72. The van der Waals surface area contributed by atoms with Crippen LogP contribution >= 0.6 is 11.6 Å². The van der Waals surface area contributed by atoms with Gasteiger partial charge in [0.25, 0.3) is 0 Å². The minimum absolute atomic E-state index is 0.179. The lowest BCUT2D eigenvalue weighted by Crippen LogP contribution is -2.33. The molecule has 1 aromatic carbocycles. The van der Waals surface area contributed by atoms with Gasteiger partial charge in [0.05, 0.1) is 17.6 Å². The van der Waals surface area contributed by atoms with Crippen molar-refractivity contribution < 1.29 is 4.39 Å². The second-order valence-electron chi connectivity index (χ2n) is 4.71. The van der Waals surface area contributed by atoms with Crippen molar-refractivity contribution >= 4 is 11.6 Å². The molecule has 0 bridgehead atoms. The van der Waals surface area contributed by atoms with Crippen LogP contribution in [-0.4, -0.2) is 17.5 Å². The topological polar surface area (TPSA) is 27.0 Å². The summed E-state index contributed by atoms with van der Waals surface area (Å²) in [6.07, 6.45) is 4.66. The van der Waals surface area contributed by atoms with Gasteiger partial charge in [-0.15, -0.1) is 0 Å². The number of hydrogen-bond donors (Lipinski definition) is 0. The van der Waals surface area contributed by atoms with Crippen LogP contribution in [0.3, 0.4) is 0 Å². The number of benzene rings is 1. The molecule has 0 radical (unpaired) electrons. The minimum Gasteiger partial charge on any atom is -0.283 e. The Morgan fingerprint density at radius 1 is 1.39 bits per heavy atom. The van der Waals surface area contributed by atoms with Crippen LogP contribution < -0.4 is 0 Å². The van der Waals surface area contributed by atoms with E-state index in [1.165, 1.54) is 18.9 Å². The van der Waals surface area contributed by atoms with Crippen molar-refractivity contribution in [3.8, 4) is 6.07 Å². The fourth-order valence-electron chi connectivity index (χ4n) is 2.56. The molecule has 4 heteroatoms. The van der Waals surface area contributed by atoms with Crippen LogP contribution in [-0.2, 0) is 6.54 Å². The lowest BCUT2D eigenvalue weighted by Gasteiger charge is -2.26. The molecule has 0 amide bonds. The fraction of sp³-hybridized carbons (Fsp3) is 0.500. The summed E-state index contributed by atoms with van der Waals surface area (Å²) in [5, 5.41) is 9.08. The van der Waals surface area contributed by atoms with Crippen LogP contribution in [0.5, 0.6) is 0 Å². The predicted molar refractivity (Wildman–Crippen MR) is 69.7 cm³/mol. The molecule has 0 saturated heterocycles. The summed E-state index contributed by atoms with van der Waals surface area (Å²) in [7, 11) is 0. The van der Waals surface area contributed by atoms with Gasteiger partial charge in [-0.3, -0.25) is 4.90 Å². The van der Waals surface area contributed by atoms with Gasteiger partial charge in [0, 0.05) is 12.6 Å². The van der Waals surface area contributed by atoms with E-state index in [-0.39, 0.29) is 5.02 Å². The van der Waals surface area contributed by atoms with Crippen LogP contribution in [0.15, 0.2) is 18.2 Å². The Kier molecular flexibility index (Phi) is 4.57. The Morgan fingerprint density at radius 3 is 2.78 bits per heavy atom. The van der Waals surface area contributed by atoms with Crippen LogP contribution in [0, 0.1) is 17.1 Å². The first-order valence-electron chi connectivity index (χ1n) is 6.26. The Hall–Kier alpha value is -1.11. The first-order valence-corrected chi connectivity index (χ1v) is 6.64. The highest BCUT2D eigenvalue weighted by atomic mass is 35.5. The average Bonchev–Trinajstić information content (AvgIpc) is 2.88. The van der Waals surface area contributed by atoms with Crippen molar-refractivity contribution in [2.24, 2.45) is 0 Å². The lowest BCUT2D eigenvalue weighted by molar-refractivity contribution is 0.214. The van der Waals surface area contributed by atoms with Gasteiger partial charge in [0.15, 0.2) is 0 Å². The number of nitriles is 1. The second-order valence-corrected chi connectivity index (χ2v) is 5.09. The number of halogens is 2. The molecule has 0 aromatic heterocycles. The summed E-state index contributed by atoms with van der Waals surface area (Å²) < 4.78 is 13.4. The third kappa shape index (κ3) is 3.01. The molecule has 0 spiro atoms.